The van der Waals surface area contributed by atoms with Crippen LogP contribution in [0.15, 0.2) is 24.5 Å². The van der Waals surface area contributed by atoms with Gasteiger partial charge in [-0.2, -0.15) is 5.10 Å². The molecule has 0 atom stereocenters. The normalized spacial score (nSPS) is 10.4. The molecule has 0 spiro atoms. The second-order valence-corrected chi connectivity index (χ2v) is 1.88. The highest BCUT2D eigenvalue weighted by Gasteiger charge is 1.87. The molecule has 0 radical (unpaired) electrons. The summed E-state index contributed by atoms with van der Waals surface area (Å²) in [7, 11) is 0. The van der Waals surface area contributed by atoms with Gasteiger partial charge >= 0.3 is 0 Å². The summed E-state index contributed by atoms with van der Waals surface area (Å²) < 4.78 is 1.83. The van der Waals surface area contributed by atoms with Gasteiger partial charge < -0.3 is 0 Å². The summed E-state index contributed by atoms with van der Waals surface area (Å²) in [4.78, 5) is 0. The molecule has 0 unspecified atom stereocenters. The summed E-state index contributed by atoms with van der Waals surface area (Å²) in [6, 6.07) is 1.91. The van der Waals surface area contributed by atoms with Crippen LogP contribution in [0.1, 0.15) is 27.7 Å². The lowest BCUT2D eigenvalue weighted by Gasteiger charge is -1.96. The van der Waals surface area contributed by atoms with Gasteiger partial charge in [-0.15, -0.1) is 0 Å². The van der Waals surface area contributed by atoms with E-state index in [1.54, 1.807) is 6.20 Å². The molecule has 0 aliphatic heterocycles. The van der Waals surface area contributed by atoms with E-state index >= 15 is 0 Å². The number of rotatable bonds is 1. The lowest BCUT2D eigenvalue weighted by Crippen LogP contribution is -1.91. The highest BCUT2D eigenvalue weighted by atomic mass is 15.3. The zero-order valence-electron chi connectivity index (χ0n) is 7.70. The van der Waals surface area contributed by atoms with Gasteiger partial charge in [-0.3, -0.25) is 0 Å². The molecule has 1 aromatic heterocycles. The molecule has 1 heterocycles. The van der Waals surface area contributed by atoms with E-state index in [2.05, 4.69) is 5.10 Å². The van der Waals surface area contributed by atoms with Crippen molar-refractivity contribution in [3.63, 3.8) is 0 Å². The molecule has 1 rings (SSSR count). The average molecular weight is 152 g/mol. The lowest BCUT2D eigenvalue weighted by atomic mass is 10.5. The smallest absolute Gasteiger partial charge is 0.0493 e. The third-order valence-electron chi connectivity index (χ3n) is 1.28. The Morgan fingerprint density at radius 3 is 2.45 bits per heavy atom. The van der Waals surface area contributed by atoms with Crippen LogP contribution >= 0.6 is 0 Å². The van der Waals surface area contributed by atoms with Crippen molar-refractivity contribution in [2.24, 2.45) is 0 Å². The summed E-state index contributed by atoms with van der Waals surface area (Å²) in [5, 5.41) is 4.04. The van der Waals surface area contributed by atoms with Gasteiger partial charge in [0.25, 0.3) is 0 Å². The molecule has 2 nitrogen and oxygen atoms in total. The standard InChI is InChI=1S/C7H10N2.C2H6/c1-3-7(2)9-6-4-5-8-9;1-2/h3-6H,1-2H3;1-2H3/b7-3+;. The first kappa shape index (κ1) is 9.95. The molecule has 2 heteroatoms. The lowest BCUT2D eigenvalue weighted by molar-refractivity contribution is 0.894. The summed E-state index contributed by atoms with van der Waals surface area (Å²) in [6.07, 6.45) is 5.72. The van der Waals surface area contributed by atoms with E-state index in [0.29, 0.717) is 0 Å². The van der Waals surface area contributed by atoms with Gasteiger partial charge in [-0.05, 0) is 19.9 Å². The van der Waals surface area contributed by atoms with E-state index in [0.717, 1.165) is 5.70 Å². The van der Waals surface area contributed by atoms with Gasteiger partial charge in [-0.1, -0.05) is 19.9 Å². The van der Waals surface area contributed by atoms with Gasteiger partial charge in [-0.25, -0.2) is 4.68 Å². The maximum Gasteiger partial charge on any atom is 0.0493 e. The Morgan fingerprint density at radius 1 is 1.45 bits per heavy atom. The van der Waals surface area contributed by atoms with E-state index in [9.17, 15) is 0 Å². The van der Waals surface area contributed by atoms with E-state index in [1.165, 1.54) is 0 Å². The van der Waals surface area contributed by atoms with Gasteiger partial charge in [0.15, 0.2) is 0 Å². The molecule has 0 amide bonds. The predicted octanol–water partition coefficient (Wildman–Crippen LogP) is 2.79. The monoisotopic (exact) mass is 152 g/mol. The maximum atomic E-state index is 4.04. The van der Waals surface area contributed by atoms with Crippen molar-refractivity contribution in [2.45, 2.75) is 27.7 Å². The van der Waals surface area contributed by atoms with E-state index in [1.807, 2.05) is 50.7 Å². The van der Waals surface area contributed by atoms with E-state index in [-0.39, 0.29) is 0 Å². The van der Waals surface area contributed by atoms with Crippen LogP contribution in [0.3, 0.4) is 0 Å². The first-order valence-corrected chi connectivity index (χ1v) is 3.97. The Bertz CT molecular complexity index is 197. The quantitative estimate of drug-likeness (QED) is 0.605. The van der Waals surface area contributed by atoms with Crippen LogP contribution < -0.4 is 0 Å². The molecule has 0 aliphatic carbocycles. The number of hydrogen-bond acceptors (Lipinski definition) is 1. The van der Waals surface area contributed by atoms with E-state index < -0.39 is 0 Å². The minimum Gasteiger partial charge on any atom is -0.246 e. The average Bonchev–Trinajstić information content (AvgIpc) is 2.59. The predicted molar refractivity (Wildman–Crippen MR) is 49.2 cm³/mol. The first-order chi connectivity index (χ1) is 5.34. The molecule has 0 N–H and O–H groups in total. The van der Waals surface area contributed by atoms with Crippen LogP contribution in [-0.2, 0) is 0 Å². The number of hydrogen-bond donors (Lipinski definition) is 0. The molecule has 0 saturated carbocycles. The van der Waals surface area contributed by atoms with Crippen LogP contribution in [0.5, 0.6) is 0 Å². The summed E-state index contributed by atoms with van der Waals surface area (Å²) >= 11 is 0. The highest BCUT2D eigenvalue weighted by molar-refractivity contribution is 5.39. The zero-order valence-corrected chi connectivity index (χ0v) is 7.70. The Hall–Kier alpha value is -1.05. The summed E-state index contributed by atoms with van der Waals surface area (Å²) in [5.41, 5.74) is 1.15. The Morgan fingerprint density at radius 2 is 2.09 bits per heavy atom. The number of aromatic nitrogens is 2. The Balaban J connectivity index is 0.000000461. The molecule has 11 heavy (non-hydrogen) atoms. The van der Waals surface area contributed by atoms with Gasteiger partial charge in [0.2, 0.25) is 0 Å². The fourth-order valence-corrected chi connectivity index (χ4v) is 0.610. The van der Waals surface area contributed by atoms with Crippen molar-refractivity contribution in [3.8, 4) is 0 Å². The summed E-state index contributed by atoms with van der Waals surface area (Å²) in [5.74, 6) is 0. The molecule has 0 saturated heterocycles. The minimum absolute atomic E-state index is 1.15. The second-order valence-electron chi connectivity index (χ2n) is 1.88. The van der Waals surface area contributed by atoms with Crippen LogP contribution in [0.2, 0.25) is 0 Å². The third-order valence-corrected chi connectivity index (χ3v) is 1.28. The van der Waals surface area contributed by atoms with Crippen molar-refractivity contribution >= 4 is 5.70 Å². The molecular formula is C9H16N2. The van der Waals surface area contributed by atoms with Crippen molar-refractivity contribution in [1.29, 1.82) is 0 Å². The topological polar surface area (TPSA) is 17.8 Å². The molecule has 62 valence electrons. The SMILES string of the molecule is C/C=C(\C)n1cccn1.CC. The highest BCUT2D eigenvalue weighted by Crippen LogP contribution is 1.98. The van der Waals surface area contributed by atoms with Crippen LogP contribution in [0.25, 0.3) is 5.70 Å². The van der Waals surface area contributed by atoms with Crippen molar-refractivity contribution in [3.05, 3.63) is 24.5 Å². The fraction of sp³-hybridized carbons (Fsp3) is 0.444. The zero-order chi connectivity index (χ0) is 8.69. The Kier molecular flexibility index (Phi) is 5.17. The Labute approximate surface area is 68.5 Å². The molecule has 0 fully saturated rings. The molecular weight excluding hydrogens is 136 g/mol. The molecule has 0 aromatic carbocycles. The fourth-order valence-electron chi connectivity index (χ4n) is 0.610. The molecule has 0 bridgehead atoms. The molecule has 0 aliphatic rings. The van der Waals surface area contributed by atoms with Crippen LogP contribution in [0, 0.1) is 0 Å². The van der Waals surface area contributed by atoms with Crippen LogP contribution in [0.4, 0.5) is 0 Å². The molecule has 1 aromatic rings. The minimum atomic E-state index is 1.15. The van der Waals surface area contributed by atoms with Crippen molar-refractivity contribution < 1.29 is 0 Å². The van der Waals surface area contributed by atoms with Gasteiger partial charge in [0, 0.05) is 18.1 Å². The van der Waals surface area contributed by atoms with Gasteiger partial charge in [0.1, 0.15) is 0 Å². The van der Waals surface area contributed by atoms with Crippen molar-refractivity contribution in [1.82, 2.24) is 9.78 Å². The first-order valence-electron chi connectivity index (χ1n) is 3.97. The van der Waals surface area contributed by atoms with Gasteiger partial charge in [0.05, 0.1) is 0 Å². The second kappa shape index (κ2) is 5.71. The largest absolute Gasteiger partial charge is 0.246 e. The maximum absolute atomic E-state index is 4.04. The van der Waals surface area contributed by atoms with E-state index in [4.69, 9.17) is 0 Å². The number of allylic oxidation sites excluding steroid dienone is 2. The number of nitrogens with zero attached hydrogens (tertiary/aromatic N) is 2. The van der Waals surface area contributed by atoms with Crippen LogP contribution in [-0.4, -0.2) is 9.78 Å². The third kappa shape index (κ3) is 3.03. The van der Waals surface area contributed by atoms with Crippen molar-refractivity contribution in [2.75, 3.05) is 0 Å². The summed E-state index contributed by atoms with van der Waals surface area (Å²) in [6.45, 7) is 8.02.